The van der Waals surface area contributed by atoms with Crippen molar-refractivity contribution in [1.29, 1.82) is 0 Å². The lowest BCUT2D eigenvalue weighted by Crippen LogP contribution is -2.69. The van der Waals surface area contributed by atoms with Gasteiger partial charge < -0.3 is 20.5 Å². The number of carbonyl (C=O) groups is 4. The molecular weight excluding hydrogens is 496 g/mol. The van der Waals surface area contributed by atoms with Crippen molar-refractivity contribution in [3.05, 3.63) is 52.3 Å². The van der Waals surface area contributed by atoms with E-state index < -0.39 is 54.2 Å². The number of aromatic nitrogens is 1. The van der Waals surface area contributed by atoms with Crippen molar-refractivity contribution < 1.29 is 36.7 Å². The van der Waals surface area contributed by atoms with E-state index in [-0.39, 0.29) is 40.0 Å². The Kier molecular flexibility index (Phi) is 5.68. The van der Waals surface area contributed by atoms with Crippen molar-refractivity contribution in [1.82, 2.24) is 15.2 Å². The summed E-state index contributed by atoms with van der Waals surface area (Å²) in [5.74, 6) is -6.65. The normalized spacial score (nSPS) is 21.9. The summed E-state index contributed by atoms with van der Waals surface area (Å²) in [6, 6.07) is 5.19. The second-order valence-electron chi connectivity index (χ2n) is 9.97. The third-order valence-corrected chi connectivity index (χ3v) is 7.40. The third kappa shape index (κ3) is 4.08. The van der Waals surface area contributed by atoms with E-state index in [1.54, 1.807) is 4.57 Å². The maximum atomic E-state index is 13.6. The van der Waals surface area contributed by atoms with Crippen molar-refractivity contribution in [3.63, 3.8) is 0 Å². The molecule has 1 aromatic carbocycles. The Morgan fingerprint density at radius 2 is 1.84 bits per heavy atom. The lowest BCUT2D eigenvalue weighted by molar-refractivity contribution is -0.164. The molecule has 2 saturated carbocycles. The van der Waals surface area contributed by atoms with Crippen LogP contribution in [0.1, 0.15) is 69.4 Å². The van der Waals surface area contributed by atoms with Crippen LogP contribution >= 0.6 is 0 Å². The van der Waals surface area contributed by atoms with Crippen molar-refractivity contribution >= 4 is 29.2 Å². The molecule has 0 unspecified atom stereocenters. The zero-order valence-corrected chi connectivity index (χ0v) is 20.0. The summed E-state index contributed by atoms with van der Waals surface area (Å²) >= 11 is 0. The molecule has 2 fully saturated rings. The smallest absolute Gasteiger partial charge is 0.293 e. The highest BCUT2D eigenvalue weighted by Crippen LogP contribution is 2.54. The first-order valence-electron chi connectivity index (χ1n) is 11.8. The minimum atomic E-state index is -3.15. The van der Waals surface area contributed by atoms with Gasteiger partial charge in [0.15, 0.2) is 0 Å². The van der Waals surface area contributed by atoms with Crippen LogP contribution in [-0.4, -0.2) is 46.6 Å². The van der Waals surface area contributed by atoms with Gasteiger partial charge in [-0.05, 0) is 43.4 Å². The number of carbonyl (C=O) groups excluding carboxylic acids is 4. The summed E-state index contributed by atoms with van der Waals surface area (Å²) in [5, 5.41) is 7.05. The second kappa shape index (κ2) is 8.42. The highest BCUT2D eigenvalue weighted by atomic mass is 19.3. The average molecular weight is 520 g/mol. The van der Waals surface area contributed by atoms with Crippen molar-refractivity contribution in [3.8, 4) is 0 Å². The molecule has 3 aliphatic rings. The number of ketones is 1. The van der Waals surface area contributed by atoms with Gasteiger partial charge in [0.05, 0.1) is 5.56 Å². The Balaban J connectivity index is 1.44. The molecule has 2 atom stereocenters. The molecular formula is C25H24F4N4O4. The van der Waals surface area contributed by atoms with Crippen LogP contribution in [0, 0.1) is 12.8 Å². The Morgan fingerprint density at radius 1 is 1.14 bits per heavy atom. The molecule has 2 aromatic rings. The number of amides is 3. The van der Waals surface area contributed by atoms with E-state index in [0.29, 0.717) is 12.1 Å². The van der Waals surface area contributed by atoms with E-state index >= 15 is 0 Å². The van der Waals surface area contributed by atoms with Crippen LogP contribution in [-0.2, 0) is 16.0 Å². The van der Waals surface area contributed by atoms with E-state index in [1.807, 2.05) is 0 Å². The number of benzene rings is 1. The van der Waals surface area contributed by atoms with Crippen LogP contribution in [0.15, 0.2) is 24.3 Å². The molecule has 1 aliphatic heterocycles. The van der Waals surface area contributed by atoms with Gasteiger partial charge in [-0.25, -0.2) is 17.6 Å². The van der Waals surface area contributed by atoms with Crippen molar-refractivity contribution in [2.45, 2.75) is 56.5 Å². The number of fused-ring (bicyclic) bond motifs is 3. The molecule has 8 nitrogen and oxygen atoms in total. The lowest BCUT2D eigenvalue weighted by atomic mass is 9.72. The molecule has 37 heavy (non-hydrogen) atoms. The maximum absolute atomic E-state index is 13.6. The number of alkyl halides is 4. The maximum Gasteiger partial charge on any atom is 0.293 e. The Hall–Kier alpha value is -3.70. The topological polar surface area (TPSA) is 109 Å². The van der Waals surface area contributed by atoms with Gasteiger partial charge in [0.25, 0.3) is 29.9 Å². The molecule has 5 rings (SSSR count). The van der Waals surface area contributed by atoms with Gasteiger partial charge in [0, 0.05) is 42.9 Å². The fourth-order valence-electron chi connectivity index (χ4n) is 5.64. The predicted molar refractivity (Wildman–Crippen MR) is 123 cm³/mol. The van der Waals surface area contributed by atoms with Crippen LogP contribution in [0.4, 0.5) is 23.2 Å². The van der Waals surface area contributed by atoms with Gasteiger partial charge in [-0.3, -0.25) is 19.2 Å². The highest BCUT2D eigenvalue weighted by Gasteiger charge is 2.62. The van der Waals surface area contributed by atoms with Gasteiger partial charge in [-0.15, -0.1) is 0 Å². The molecule has 3 amide bonds. The van der Waals surface area contributed by atoms with Gasteiger partial charge >= 0.3 is 0 Å². The lowest BCUT2D eigenvalue weighted by Gasteiger charge is -2.45. The zero-order valence-electron chi connectivity index (χ0n) is 20.0. The second-order valence-corrected chi connectivity index (χ2v) is 9.97. The minimum absolute atomic E-state index is 0.00526. The van der Waals surface area contributed by atoms with E-state index in [2.05, 4.69) is 16.0 Å². The molecule has 1 aromatic heterocycles. The molecule has 0 saturated heterocycles. The van der Waals surface area contributed by atoms with E-state index in [1.165, 1.54) is 32.2 Å². The standard InChI is InChI=1S/C25H24F4N4O4/c1-11-17(19(34)22(36)32-24(23(37)30-2)9-25(28,29)10-24)16-8-13-7-15(13)33(16)18(11)21(35)31-14-5-3-4-12(6-14)20(26)27/h3-6,13,15,20H,7-10H2,1-2H3,(H,30,37)(H,31,35)(H,32,36)/t13-,15-/m1/s1. The van der Waals surface area contributed by atoms with E-state index in [4.69, 9.17) is 0 Å². The number of anilines is 1. The van der Waals surface area contributed by atoms with Crippen LogP contribution in [0.3, 0.4) is 0 Å². The monoisotopic (exact) mass is 520 g/mol. The fraction of sp³-hybridized carbons (Fsp3) is 0.440. The van der Waals surface area contributed by atoms with Crippen molar-refractivity contribution in [2.24, 2.45) is 5.92 Å². The molecule has 196 valence electrons. The first-order chi connectivity index (χ1) is 17.4. The fourth-order valence-corrected chi connectivity index (χ4v) is 5.64. The predicted octanol–water partition coefficient (Wildman–Crippen LogP) is 3.32. The molecule has 2 heterocycles. The SMILES string of the molecule is CNC(=O)C1(NC(=O)C(=O)c2c(C)c(C(=O)Nc3cccc(C(F)F)c3)n3c2C[C@H]2C[C@H]23)CC(F)(F)C1. The Labute approximate surface area is 208 Å². The summed E-state index contributed by atoms with van der Waals surface area (Å²) in [7, 11) is 1.24. The first-order valence-corrected chi connectivity index (χ1v) is 11.8. The number of hydrogen-bond acceptors (Lipinski definition) is 4. The number of halogens is 4. The van der Waals surface area contributed by atoms with Gasteiger partial charge in [0.2, 0.25) is 5.91 Å². The molecule has 3 N–H and O–H groups in total. The molecule has 2 aliphatic carbocycles. The number of likely N-dealkylation sites (N-methyl/N-ethyl adjacent to an activating group) is 1. The molecule has 0 radical (unpaired) electrons. The largest absolute Gasteiger partial charge is 0.357 e. The average Bonchev–Trinajstić information content (AvgIpc) is 3.39. The summed E-state index contributed by atoms with van der Waals surface area (Å²) in [6.45, 7) is 1.50. The number of rotatable bonds is 7. The van der Waals surface area contributed by atoms with E-state index in [9.17, 15) is 36.7 Å². The summed E-state index contributed by atoms with van der Waals surface area (Å²) in [5.41, 5.74) is -1.19. The highest BCUT2D eigenvalue weighted by molar-refractivity contribution is 6.44. The molecule has 0 spiro atoms. The van der Waals surface area contributed by atoms with Crippen LogP contribution in [0.25, 0.3) is 0 Å². The summed E-state index contributed by atoms with van der Waals surface area (Å²) in [4.78, 5) is 51.7. The number of hydrogen-bond donors (Lipinski definition) is 3. The van der Waals surface area contributed by atoms with Crippen LogP contribution in [0.5, 0.6) is 0 Å². The van der Waals surface area contributed by atoms with Gasteiger partial charge in [-0.2, -0.15) is 0 Å². The Morgan fingerprint density at radius 3 is 2.46 bits per heavy atom. The number of nitrogens with zero attached hydrogens (tertiary/aromatic N) is 1. The summed E-state index contributed by atoms with van der Waals surface area (Å²) in [6.07, 6.45) is -3.34. The van der Waals surface area contributed by atoms with E-state index in [0.717, 1.165) is 12.5 Å². The van der Waals surface area contributed by atoms with Crippen LogP contribution < -0.4 is 16.0 Å². The molecule has 0 bridgehead atoms. The third-order valence-electron chi connectivity index (χ3n) is 7.40. The minimum Gasteiger partial charge on any atom is -0.357 e. The van der Waals surface area contributed by atoms with Gasteiger partial charge in [-0.1, -0.05) is 12.1 Å². The summed E-state index contributed by atoms with van der Waals surface area (Å²) < 4.78 is 55.1. The van der Waals surface area contributed by atoms with Gasteiger partial charge in [0.1, 0.15) is 11.2 Å². The number of nitrogens with one attached hydrogen (secondary N) is 3. The number of Topliss-reactive ketones (excluding diaryl/α,β-unsaturated/α-hetero) is 1. The van der Waals surface area contributed by atoms with Crippen molar-refractivity contribution in [2.75, 3.05) is 12.4 Å². The quantitative estimate of drug-likeness (QED) is 0.296. The first kappa shape index (κ1) is 25.0. The molecule has 12 heteroatoms. The zero-order chi connectivity index (χ0) is 26.9. The van der Waals surface area contributed by atoms with Crippen LogP contribution in [0.2, 0.25) is 0 Å². The Bertz CT molecular complexity index is 1340.